The molecule has 146 valence electrons. The van der Waals surface area contributed by atoms with E-state index in [2.05, 4.69) is 5.32 Å². The Kier molecular flexibility index (Phi) is 5.17. The maximum atomic E-state index is 12.7. The lowest BCUT2D eigenvalue weighted by atomic mass is 9.95. The molecular formula is C21H22N2O4S. The van der Waals surface area contributed by atoms with Crippen LogP contribution in [0.25, 0.3) is 0 Å². The van der Waals surface area contributed by atoms with Gasteiger partial charge in [0.2, 0.25) is 5.91 Å². The minimum absolute atomic E-state index is 0.0433. The molecule has 0 saturated heterocycles. The van der Waals surface area contributed by atoms with Crippen LogP contribution >= 0.6 is 11.3 Å². The average Bonchev–Trinajstić information content (AvgIpc) is 3.19. The van der Waals surface area contributed by atoms with Gasteiger partial charge in [-0.25, -0.2) is 4.79 Å². The van der Waals surface area contributed by atoms with E-state index in [9.17, 15) is 14.4 Å². The second-order valence-corrected chi connectivity index (χ2v) is 8.11. The predicted molar refractivity (Wildman–Crippen MR) is 107 cm³/mol. The molecule has 0 bridgehead atoms. The van der Waals surface area contributed by atoms with Crippen LogP contribution < -0.4 is 5.32 Å². The highest BCUT2D eigenvalue weighted by molar-refractivity contribution is 7.17. The van der Waals surface area contributed by atoms with Crippen LogP contribution in [0.1, 0.15) is 56.5 Å². The zero-order valence-electron chi connectivity index (χ0n) is 15.7. The summed E-state index contributed by atoms with van der Waals surface area (Å²) in [6, 6.07) is 7.39. The molecule has 2 aliphatic rings. The molecule has 1 aromatic carbocycles. The van der Waals surface area contributed by atoms with Crippen LogP contribution in [0.2, 0.25) is 0 Å². The van der Waals surface area contributed by atoms with Crippen LogP contribution in [-0.2, 0) is 28.9 Å². The van der Waals surface area contributed by atoms with E-state index in [1.165, 1.54) is 16.2 Å². The van der Waals surface area contributed by atoms with Gasteiger partial charge < -0.3 is 15.0 Å². The molecule has 0 radical (unpaired) electrons. The summed E-state index contributed by atoms with van der Waals surface area (Å²) in [5.41, 5.74) is 3.08. The molecule has 0 unspecified atom stereocenters. The van der Waals surface area contributed by atoms with Crippen molar-refractivity contribution in [3.05, 3.63) is 51.4 Å². The molecule has 0 atom stereocenters. The first-order chi connectivity index (χ1) is 13.6. The van der Waals surface area contributed by atoms with Crippen molar-refractivity contribution >= 4 is 34.1 Å². The van der Waals surface area contributed by atoms with Crippen LogP contribution in [-0.4, -0.2) is 35.8 Å². The molecule has 7 heteroatoms. The molecule has 6 nitrogen and oxygen atoms in total. The fourth-order valence-electron chi connectivity index (χ4n) is 3.85. The van der Waals surface area contributed by atoms with Crippen LogP contribution in [0, 0.1) is 0 Å². The summed E-state index contributed by atoms with van der Waals surface area (Å²) in [7, 11) is 0. The second-order valence-electron chi connectivity index (χ2n) is 7.00. The largest absolute Gasteiger partial charge is 0.462 e. The molecule has 2 heterocycles. The highest BCUT2D eigenvalue weighted by atomic mass is 32.1. The van der Waals surface area contributed by atoms with Crippen molar-refractivity contribution < 1.29 is 19.1 Å². The number of benzene rings is 1. The van der Waals surface area contributed by atoms with Crippen LogP contribution in [0.3, 0.4) is 0 Å². The Morgan fingerprint density at radius 1 is 1.21 bits per heavy atom. The molecule has 0 spiro atoms. The third kappa shape index (κ3) is 3.42. The van der Waals surface area contributed by atoms with Gasteiger partial charge in [-0.2, -0.15) is 0 Å². The highest BCUT2D eigenvalue weighted by Crippen LogP contribution is 2.38. The van der Waals surface area contributed by atoms with Gasteiger partial charge in [0.25, 0.3) is 5.91 Å². The standard InChI is InChI=1S/C21H22N2O4S/c1-2-27-21(26)18-15-9-5-6-10-16(15)28-19(18)22-17(24)12-23-11-13-7-3-4-8-14(13)20(23)25/h3-4,7-8H,2,5-6,9-12H2,1H3,(H,22,24). The Balaban J connectivity index is 1.51. The molecule has 28 heavy (non-hydrogen) atoms. The van der Waals surface area contributed by atoms with Crippen LogP contribution in [0.5, 0.6) is 0 Å². The third-order valence-electron chi connectivity index (χ3n) is 5.13. The number of fused-ring (bicyclic) bond motifs is 2. The van der Waals surface area contributed by atoms with Gasteiger partial charge in [-0.1, -0.05) is 18.2 Å². The SMILES string of the molecule is CCOC(=O)c1c(NC(=O)CN2Cc3ccccc3C2=O)sc2c1CCCC2. The van der Waals surface area contributed by atoms with Crippen LogP contribution in [0.4, 0.5) is 5.00 Å². The Hall–Kier alpha value is -2.67. The summed E-state index contributed by atoms with van der Waals surface area (Å²) in [5, 5.41) is 3.41. The van der Waals surface area contributed by atoms with E-state index in [0.717, 1.165) is 41.7 Å². The number of rotatable bonds is 5. The third-order valence-corrected chi connectivity index (χ3v) is 6.34. The highest BCUT2D eigenvalue weighted by Gasteiger charge is 2.30. The van der Waals surface area contributed by atoms with Gasteiger partial charge in [0.15, 0.2) is 0 Å². The quantitative estimate of drug-likeness (QED) is 0.784. The van der Waals surface area contributed by atoms with Gasteiger partial charge in [0.05, 0.1) is 12.2 Å². The van der Waals surface area contributed by atoms with Crippen molar-refractivity contribution in [1.82, 2.24) is 4.90 Å². The van der Waals surface area contributed by atoms with Gasteiger partial charge in [-0.3, -0.25) is 9.59 Å². The van der Waals surface area contributed by atoms with Gasteiger partial charge >= 0.3 is 5.97 Å². The number of anilines is 1. The Bertz CT molecular complexity index is 950. The van der Waals surface area contributed by atoms with E-state index in [-0.39, 0.29) is 30.9 Å². The number of esters is 1. The molecule has 2 amide bonds. The van der Waals surface area contributed by atoms with Crippen molar-refractivity contribution in [1.29, 1.82) is 0 Å². The summed E-state index contributed by atoms with van der Waals surface area (Å²) in [6.45, 7) is 2.44. The van der Waals surface area contributed by atoms with Gasteiger partial charge in [-0.05, 0) is 49.8 Å². The maximum Gasteiger partial charge on any atom is 0.341 e. The Morgan fingerprint density at radius 2 is 2.00 bits per heavy atom. The van der Waals surface area contributed by atoms with Crippen molar-refractivity contribution in [2.75, 3.05) is 18.5 Å². The minimum Gasteiger partial charge on any atom is -0.462 e. The molecule has 1 aliphatic heterocycles. The Morgan fingerprint density at radius 3 is 2.79 bits per heavy atom. The lowest BCUT2D eigenvalue weighted by Crippen LogP contribution is -2.33. The first-order valence-corrected chi connectivity index (χ1v) is 10.4. The lowest BCUT2D eigenvalue weighted by Gasteiger charge is -2.15. The summed E-state index contributed by atoms with van der Waals surface area (Å²) in [6.07, 6.45) is 3.87. The van der Waals surface area contributed by atoms with Crippen molar-refractivity contribution in [2.45, 2.75) is 39.2 Å². The molecule has 0 saturated carbocycles. The number of carbonyl (C=O) groups is 3. The molecular weight excluding hydrogens is 376 g/mol. The summed E-state index contributed by atoms with van der Waals surface area (Å²) >= 11 is 1.45. The molecule has 1 aliphatic carbocycles. The topological polar surface area (TPSA) is 75.7 Å². The second kappa shape index (κ2) is 7.75. The number of carbonyl (C=O) groups excluding carboxylic acids is 3. The lowest BCUT2D eigenvalue weighted by molar-refractivity contribution is -0.116. The predicted octanol–water partition coefficient (Wildman–Crippen LogP) is 3.40. The number of thiophene rings is 1. The fraction of sp³-hybridized carbons (Fsp3) is 0.381. The van der Waals surface area contributed by atoms with Crippen molar-refractivity contribution in [3.8, 4) is 0 Å². The Labute approximate surface area is 167 Å². The summed E-state index contributed by atoms with van der Waals surface area (Å²) < 4.78 is 5.22. The zero-order chi connectivity index (χ0) is 19.7. The smallest absolute Gasteiger partial charge is 0.341 e. The number of hydrogen-bond acceptors (Lipinski definition) is 5. The number of hydrogen-bond donors (Lipinski definition) is 1. The van der Waals surface area contributed by atoms with Crippen LogP contribution in [0.15, 0.2) is 24.3 Å². The van der Waals surface area contributed by atoms with Crippen molar-refractivity contribution in [3.63, 3.8) is 0 Å². The van der Waals surface area contributed by atoms with Gasteiger partial charge in [0.1, 0.15) is 11.5 Å². The zero-order valence-corrected chi connectivity index (χ0v) is 16.6. The summed E-state index contributed by atoms with van der Waals surface area (Å²) in [5.74, 6) is -0.825. The maximum absolute atomic E-state index is 12.7. The monoisotopic (exact) mass is 398 g/mol. The van der Waals surface area contributed by atoms with E-state index in [4.69, 9.17) is 4.74 Å². The molecule has 0 fully saturated rings. The number of ether oxygens (including phenoxy) is 1. The first-order valence-electron chi connectivity index (χ1n) is 9.57. The number of aryl methyl sites for hydroxylation is 1. The number of nitrogens with one attached hydrogen (secondary N) is 1. The van der Waals surface area contributed by atoms with E-state index in [0.29, 0.717) is 22.7 Å². The van der Waals surface area contributed by atoms with Gasteiger partial charge in [-0.15, -0.1) is 11.3 Å². The normalized spacial score (nSPS) is 15.2. The van der Waals surface area contributed by atoms with E-state index in [1.807, 2.05) is 18.2 Å². The van der Waals surface area contributed by atoms with E-state index in [1.54, 1.807) is 13.0 Å². The summed E-state index contributed by atoms with van der Waals surface area (Å²) in [4.78, 5) is 40.3. The minimum atomic E-state index is -0.387. The van der Waals surface area contributed by atoms with Crippen molar-refractivity contribution in [2.24, 2.45) is 0 Å². The molecule has 1 aromatic heterocycles. The molecule has 4 rings (SSSR count). The van der Waals surface area contributed by atoms with E-state index < -0.39 is 0 Å². The molecule has 2 aromatic rings. The first kappa shape index (κ1) is 18.7. The number of amides is 2. The average molecular weight is 398 g/mol. The fourth-order valence-corrected chi connectivity index (χ4v) is 5.15. The van der Waals surface area contributed by atoms with Gasteiger partial charge in [0, 0.05) is 17.0 Å². The number of nitrogens with zero attached hydrogens (tertiary/aromatic N) is 1. The molecule has 1 N–H and O–H groups in total. The van der Waals surface area contributed by atoms with E-state index >= 15 is 0 Å².